The number of carboxylic acids is 1. The summed E-state index contributed by atoms with van der Waals surface area (Å²) in [4.78, 5) is 22.9. The van der Waals surface area contributed by atoms with Gasteiger partial charge >= 0.3 is 12.1 Å². The Morgan fingerprint density at radius 3 is 2.52 bits per heavy atom. The van der Waals surface area contributed by atoms with Gasteiger partial charge in [0, 0.05) is 12.7 Å². The molecule has 0 bridgehead atoms. The SMILES string of the molecule is Cc1cc(CC[C@H](NC(=O)OC(C)(C)C)C(=O)O)n(C)n1. The van der Waals surface area contributed by atoms with Crippen LogP contribution in [0.3, 0.4) is 0 Å². The Labute approximate surface area is 124 Å². The second kappa shape index (κ2) is 6.60. The number of hydrogen-bond acceptors (Lipinski definition) is 4. The molecule has 1 rings (SSSR count). The van der Waals surface area contributed by atoms with Crippen molar-refractivity contribution in [2.75, 3.05) is 0 Å². The largest absolute Gasteiger partial charge is 0.480 e. The number of aryl methyl sites for hydroxylation is 3. The van der Waals surface area contributed by atoms with Crippen LogP contribution in [0.15, 0.2) is 6.07 Å². The quantitative estimate of drug-likeness (QED) is 0.861. The van der Waals surface area contributed by atoms with Gasteiger partial charge in [0.15, 0.2) is 0 Å². The Morgan fingerprint density at radius 1 is 1.48 bits per heavy atom. The molecule has 2 N–H and O–H groups in total. The van der Waals surface area contributed by atoms with Gasteiger partial charge in [-0.1, -0.05) is 0 Å². The second-order valence-corrected chi connectivity index (χ2v) is 5.98. The highest BCUT2D eigenvalue weighted by atomic mass is 16.6. The molecule has 0 saturated heterocycles. The molecule has 1 aromatic heterocycles. The number of rotatable bonds is 5. The number of nitrogens with one attached hydrogen (secondary N) is 1. The van der Waals surface area contributed by atoms with Crippen molar-refractivity contribution in [3.8, 4) is 0 Å². The molecule has 7 heteroatoms. The Hall–Kier alpha value is -2.05. The highest BCUT2D eigenvalue weighted by molar-refractivity contribution is 5.80. The average molecular weight is 297 g/mol. The third kappa shape index (κ3) is 5.85. The van der Waals surface area contributed by atoms with Crippen molar-refractivity contribution in [1.29, 1.82) is 0 Å². The number of carbonyl (C=O) groups excluding carboxylic acids is 1. The Morgan fingerprint density at radius 2 is 2.10 bits per heavy atom. The second-order valence-electron chi connectivity index (χ2n) is 5.98. The third-order valence-electron chi connectivity index (χ3n) is 2.78. The van der Waals surface area contributed by atoms with Crippen LogP contribution >= 0.6 is 0 Å². The van der Waals surface area contributed by atoms with Gasteiger partial charge in [-0.25, -0.2) is 9.59 Å². The van der Waals surface area contributed by atoms with Crippen molar-refractivity contribution < 1.29 is 19.4 Å². The molecule has 0 aromatic carbocycles. The zero-order valence-electron chi connectivity index (χ0n) is 13.1. The van der Waals surface area contributed by atoms with Gasteiger partial charge in [-0.05, 0) is 46.6 Å². The van der Waals surface area contributed by atoms with E-state index in [4.69, 9.17) is 4.74 Å². The standard InChI is InChI=1S/C14H23N3O4/c1-9-8-10(17(5)16-9)6-7-11(12(18)19)15-13(20)21-14(2,3)4/h8,11H,6-7H2,1-5H3,(H,15,20)(H,18,19)/t11-/m0/s1. The predicted octanol–water partition coefficient (Wildman–Crippen LogP) is 1.64. The van der Waals surface area contributed by atoms with Crippen LogP contribution in [0.5, 0.6) is 0 Å². The summed E-state index contributed by atoms with van der Waals surface area (Å²) in [7, 11) is 1.80. The van der Waals surface area contributed by atoms with Crippen LogP contribution in [0.2, 0.25) is 0 Å². The number of aromatic nitrogens is 2. The lowest BCUT2D eigenvalue weighted by Gasteiger charge is -2.22. The van der Waals surface area contributed by atoms with Crippen molar-refractivity contribution in [2.24, 2.45) is 7.05 Å². The van der Waals surface area contributed by atoms with E-state index in [1.165, 1.54) is 0 Å². The molecule has 1 amide bonds. The summed E-state index contributed by atoms with van der Waals surface area (Å²) in [5.41, 5.74) is 1.14. The molecule has 0 aliphatic rings. The zero-order chi connectivity index (χ0) is 16.2. The maximum Gasteiger partial charge on any atom is 0.408 e. The smallest absolute Gasteiger partial charge is 0.408 e. The number of aliphatic carboxylic acids is 1. The van der Waals surface area contributed by atoms with Gasteiger partial charge in [0.2, 0.25) is 0 Å². The molecule has 0 radical (unpaired) electrons. The zero-order valence-corrected chi connectivity index (χ0v) is 13.1. The first-order valence-corrected chi connectivity index (χ1v) is 6.80. The minimum Gasteiger partial charge on any atom is -0.480 e. The number of alkyl carbamates (subject to hydrolysis) is 1. The molecular weight excluding hydrogens is 274 g/mol. The molecule has 0 fully saturated rings. The molecule has 0 saturated carbocycles. The maximum atomic E-state index is 11.6. The van der Waals surface area contributed by atoms with Crippen LogP contribution in [0.25, 0.3) is 0 Å². The van der Waals surface area contributed by atoms with Gasteiger partial charge in [0.1, 0.15) is 11.6 Å². The Bertz CT molecular complexity index is 517. The maximum absolute atomic E-state index is 11.6. The van der Waals surface area contributed by atoms with Crippen LogP contribution in [0.1, 0.15) is 38.6 Å². The molecule has 1 aromatic rings. The normalized spacial score (nSPS) is 12.8. The summed E-state index contributed by atoms with van der Waals surface area (Å²) in [6.45, 7) is 7.04. The molecule has 0 spiro atoms. The van der Waals surface area contributed by atoms with E-state index >= 15 is 0 Å². The van der Waals surface area contributed by atoms with Gasteiger partial charge in [-0.15, -0.1) is 0 Å². The van der Waals surface area contributed by atoms with E-state index in [9.17, 15) is 14.7 Å². The average Bonchev–Trinajstić information content (AvgIpc) is 2.60. The van der Waals surface area contributed by atoms with Gasteiger partial charge in [-0.3, -0.25) is 4.68 Å². The summed E-state index contributed by atoms with van der Waals surface area (Å²) in [5.74, 6) is -1.08. The number of amides is 1. The van der Waals surface area contributed by atoms with Crippen LogP contribution in [0.4, 0.5) is 4.79 Å². The summed E-state index contributed by atoms with van der Waals surface area (Å²) in [6.07, 6.45) is 0.0496. The summed E-state index contributed by atoms with van der Waals surface area (Å²) < 4.78 is 6.78. The first-order chi connectivity index (χ1) is 9.58. The highest BCUT2D eigenvalue weighted by Gasteiger charge is 2.24. The van der Waals surface area contributed by atoms with E-state index in [0.29, 0.717) is 6.42 Å². The highest BCUT2D eigenvalue weighted by Crippen LogP contribution is 2.10. The van der Waals surface area contributed by atoms with Crippen LogP contribution in [-0.2, 0) is 23.0 Å². The number of hydrogen-bond donors (Lipinski definition) is 2. The van der Waals surface area contributed by atoms with Crippen molar-refractivity contribution in [1.82, 2.24) is 15.1 Å². The van der Waals surface area contributed by atoms with Crippen molar-refractivity contribution >= 4 is 12.1 Å². The topological polar surface area (TPSA) is 93.5 Å². The van der Waals surface area contributed by atoms with E-state index in [1.54, 1.807) is 32.5 Å². The summed E-state index contributed by atoms with van der Waals surface area (Å²) in [5, 5.41) is 15.8. The van der Waals surface area contributed by atoms with E-state index < -0.39 is 23.7 Å². The van der Waals surface area contributed by atoms with Crippen molar-refractivity contribution in [3.63, 3.8) is 0 Å². The molecule has 7 nitrogen and oxygen atoms in total. The minimum atomic E-state index is -1.08. The lowest BCUT2D eigenvalue weighted by atomic mass is 10.1. The van der Waals surface area contributed by atoms with Crippen LogP contribution in [-0.4, -0.2) is 38.6 Å². The first kappa shape index (κ1) is 17.0. The number of carboxylic acid groups (broad SMARTS) is 1. The first-order valence-electron chi connectivity index (χ1n) is 6.80. The lowest BCUT2D eigenvalue weighted by molar-refractivity contribution is -0.139. The molecule has 0 aliphatic carbocycles. The molecule has 1 atom stereocenters. The van der Waals surface area contributed by atoms with Crippen molar-refractivity contribution in [3.05, 3.63) is 17.5 Å². The van der Waals surface area contributed by atoms with Gasteiger partial charge in [0.25, 0.3) is 0 Å². The third-order valence-corrected chi connectivity index (χ3v) is 2.78. The van der Waals surface area contributed by atoms with Gasteiger partial charge < -0.3 is 15.2 Å². The molecule has 0 unspecified atom stereocenters. The molecule has 0 aliphatic heterocycles. The van der Waals surface area contributed by atoms with Gasteiger partial charge in [0.05, 0.1) is 5.69 Å². The van der Waals surface area contributed by atoms with Crippen molar-refractivity contribution in [2.45, 2.75) is 52.2 Å². The monoisotopic (exact) mass is 297 g/mol. The molecule has 21 heavy (non-hydrogen) atoms. The predicted molar refractivity (Wildman–Crippen MR) is 77.1 cm³/mol. The minimum absolute atomic E-state index is 0.271. The molecule has 118 valence electrons. The van der Waals surface area contributed by atoms with Crippen LogP contribution in [0, 0.1) is 6.92 Å². The van der Waals surface area contributed by atoms with E-state index in [0.717, 1.165) is 11.4 Å². The summed E-state index contributed by atoms with van der Waals surface area (Å²) >= 11 is 0. The lowest BCUT2D eigenvalue weighted by Crippen LogP contribution is -2.43. The van der Waals surface area contributed by atoms with E-state index in [1.807, 2.05) is 13.0 Å². The van der Waals surface area contributed by atoms with E-state index in [2.05, 4.69) is 10.4 Å². The Kier molecular flexibility index (Phi) is 5.34. The van der Waals surface area contributed by atoms with Gasteiger partial charge in [-0.2, -0.15) is 5.10 Å². The van der Waals surface area contributed by atoms with E-state index in [-0.39, 0.29) is 6.42 Å². The number of carbonyl (C=O) groups is 2. The molecular formula is C14H23N3O4. The fourth-order valence-corrected chi connectivity index (χ4v) is 1.90. The summed E-state index contributed by atoms with van der Waals surface area (Å²) in [6, 6.07) is 0.905. The fraction of sp³-hybridized carbons (Fsp3) is 0.643. The molecule has 1 heterocycles. The Balaban J connectivity index is 2.60. The fourth-order valence-electron chi connectivity index (χ4n) is 1.90. The number of nitrogens with zero attached hydrogens (tertiary/aromatic N) is 2. The number of ether oxygens (including phenoxy) is 1. The van der Waals surface area contributed by atoms with Crippen LogP contribution < -0.4 is 5.32 Å².